The summed E-state index contributed by atoms with van der Waals surface area (Å²) in [5.74, 6) is 1.10. The Labute approximate surface area is 158 Å². The van der Waals surface area contributed by atoms with Crippen LogP contribution in [0.1, 0.15) is 25.8 Å². The lowest BCUT2D eigenvalue weighted by Gasteiger charge is -2.24. The number of amidine groups is 1. The third-order valence-corrected chi connectivity index (χ3v) is 7.71. The molecule has 1 aromatic rings. The molecule has 2 aliphatic rings. The normalized spacial score (nSPS) is 25.7. The van der Waals surface area contributed by atoms with Crippen LogP contribution in [-0.4, -0.2) is 54.3 Å². The number of methoxy groups -OCH3 is 1. The van der Waals surface area contributed by atoms with Gasteiger partial charge in [0.15, 0.2) is 15.0 Å². The van der Waals surface area contributed by atoms with Gasteiger partial charge in [-0.2, -0.15) is 4.99 Å². The van der Waals surface area contributed by atoms with Crippen LogP contribution in [0, 0.1) is 5.92 Å². The standard InChI is InChI=1S/C18H24N2O4S2/c1-12(2)7-17(21)19-18-20(9-13-5-4-6-14(8-13)24-3)15-10-26(22,23)11-16(15)25-18/h4-6,8,12,15-16H,7,9-11H2,1-3H3/t15-,16+/m1/s1. The van der Waals surface area contributed by atoms with Gasteiger partial charge in [-0.25, -0.2) is 8.42 Å². The number of hydrogen-bond donors (Lipinski definition) is 0. The Hall–Kier alpha value is -1.54. The number of hydrogen-bond acceptors (Lipinski definition) is 5. The number of amides is 1. The van der Waals surface area contributed by atoms with Crippen molar-refractivity contribution in [1.29, 1.82) is 0 Å². The molecule has 0 saturated carbocycles. The molecule has 0 aliphatic carbocycles. The van der Waals surface area contributed by atoms with E-state index < -0.39 is 9.84 Å². The molecule has 0 spiro atoms. The summed E-state index contributed by atoms with van der Waals surface area (Å²) < 4.78 is 29.4. The van der Waals surface area contributed by atoms with Crippen molar-refractivity contribution < 1.29 is 17.9 Å². The highest BCUT2D eigenvalue weighted by molar-refractivity contribution is 8.15. The highest BCUT2D eigenvalue weighted by atomic mass is 32.2. The van der Waals surface area contributed by atoms with Crippen LogP contribution in [-0.2, 0) is 21.2 Å². The van der Waals surface area contributed by atoms with Crippen molar-refractivity contribution in [3.05, 3.63) is 29.8 Å². The Bertz CT molecular complexity index is 820. The topological polar surface area (TPSA) is 76.0 Å². The second kappa shape index (κ2) is 7.60. The number of sulfone groups is 1. The van der Waals surface area contributed by atoms with Gasteiger partial charge >= 0.3 is 0 Å². The number of carbonyl (C=O) groups excluding carboxylic acids is 1. The van der Waals surface area contributed by atoms with Crippen LogP contribution in [0.25, 0.3) is 0 Å². The zero-order chi connectivity index (χ0) is 18.9. The van der Waals surface area contributed by atoms with Crippen molar-refractivity contribution in [2.24, 2.45) is 10.9 Å². The van der Waals surface area contributed by atoms with E-state index in [1.165, 1.54) is 11.8 Å². The minimum atomic E-state index is -3.04. The average Bonchev–Trinajstić information content (AvgIpc) is 2.99. The number of aliphatic imine (C=N–C) groups is 1. The first-order chi connectivity index (χ1) is 12.3. The third-order valence-electron chi connectivity index (χ3n) is 4.47. The predicted molar refractivity (Wildman–Crippen MR) is 104 cm³/mol. The van der Waals surface area contributed by atoms with Gasteiger partial charge in [0.1, 0.15) is 5.75 Å². The number of benzene rings is 1. The van der Waals surface area contributed by atoms with Crippen LogP contribution in [0.3, 0.4) is 0 Å². The highest BCUT2D eigenvalue weighted by Crippen LogP contribution is 2.39. The summed E-state index contributed by atoms with van der Waals surface area (Å²) in [6, 6.07) is 7.53. The summed E-state index contributed by atoms with van der Waals surface area (Å²) in [6.45, 7) is 4.47. The van der Waals surface area contributed by atoms with Gasteiger partial charge in [0.2, 0.25) is 5.91 Å². The van der Waals surface area contributed by atoms with Crippen LogP contribution in [0.2, 0.25) is 0 Å². The monoisotopic (exact) mass is 396 g/mol. The summed E-state index contributed by atoms with van der Waals surface area (Å²) in [4.78, 5) is 18.5. The molecule has 1 aromatic carbocycles. The minimum absolute atomic E-state index is 0.0591. The molecule has 2 aliphatic heterocycles. The van der Waals surface area contributed by atoms with Gasteiger partial charge in [-0.3, -0.25) is 4.79 Å². The molecule has 26 heavy (non-hydrogen) atoms. The Morgan fingerprint density at radius 2 is 2.15 bits per heavy atom. The fraction of sp³-hybridized carbons (Fsp3) is 0.556. The Kier molecular flexibility index (Phi) is 5.62. The lowest BCUT2D eigenvalue weighted by molar-refractivity contribution is -0.118. The molecule has 1 amide bonds. The third kappa shape index (κ3) is 4.40. The molecule has 142 valence electrons. The first-order valence-electron chi connectivity index (χ1n) is 8.65. The van der Waals surface area contributed by atoms with Crippen LogP contribution in [0.15, 0.2) is 29.3 Å². The summed E-state index contributed by atoms with van der Waals surface area (Å²) in [5, 5.41) is 0.583. The maximum Gasteiger partial charge on any atom is 0.248 e. The van der Waals surface area contributed by atoms with E-state index in [9.17, 15) is 13.2 Å². The van der Waals surface area contributed by atoms with Crippen molar-refractivity contribution >= 4 is 32.7 Å². The molecule has 2 atom stereocenters. The molecule has 0 aromatic heterocycles. The van der Waals surface area contributed by atoms with Crippen molar-refractivity contribution in [1.82, 2.24) is 4.90 Å². The zero-order valence-corrected chi connectivity index (χ0v) is 16.8. The predicted octanol–water partition coefficient (Wildman–Crippen LogP) is 2.34. The number of fused-ring (bicyclic) bond motifs is 1. The molecule has 2 saturated heterocycles. The van der Waals surface area contributed by atoms with E-state index in [0.29, 0.717) is 18.1 Å². The maximum absolute atomic E-state index is 12.2. The lowest BCUT2D eigenvalue weighted by Crippen LogP contribution is -2.37. The van der Waals surface area contributed by atoms with Gasteiger partial charge in [-0.05, 0) is 23.6 Å². The van der Waals surface area contributed by atoms with Gasteiger partial charge in [0.05, 0.1) is 24.7 Å². The number of ether oxygens (including phenoxy) is 1. The molecule has 8 heteroatoms. The van der Waals surface area contributed by atoms with E-state index in [4.69, 9.17) is 4.74 Å². The van der Waals surface area contributed by atoms with E-state index in [1.807, 2.05) is 43.0 Å². The number of thioether (sulfide) groups is 1. The highest BCUT2D eigenvalue weighted by Gasteiger charge is 2.48. The summed E-state index contributed by atoms with van der Waals surface area (Å²) in [7, 11) is -1.43. The van der Waals surface area contributed by atoms with Crippen molar-refractivity contribution in [2.75, 3.05) is 18.6 Å². The molecule has 0 bridgehead atoms. The van der Waals surface area contributed by atoms with Gasteiger partial charge in [0, 0.05) is 18.2 Å². The first-order valence-corrected chi connectivity index (χ1v) is 11.4. The molecule has 6 nitrogen and oxygen atoms in total. The second-order valence-electron chi connectivity index (χ2n) is 7.17. The molecule has 0 unspecified atom stereocenters. The van der Waals surface area contributed by atoms with E-state index in [0.717, 1.165) is 11.3 Å². The van der Waals surface area contributed by atoms with Crippen molar-refractivity contribution in [3.63, 3.8) is 0 Å². The number of rotatable bonds is 5. The fourth-order valence-corrected chi connectivity index (χ4v) is 7.26. The number of carbonyl (C=O) groups is 1. The molecule has 0 N–H and O–H groups in total. The van der Waals surface area contributed by atoms with Crippen molar-refractivity contribution in [3.8, 4) is 5.75 Å². The molecule has 0 radical (unpaired) electrons. The lowest BCUT2D eigenvalue weighted by atomic mass is 10.1. The Morgan fingerprint density at radius 3 is 2.85 bits per heavy atom. The molecular weight excluding hydrogens is 372 g/mol. The maximum atomic E-state index is 12.2. The average molecular weight is 397 g/mol. The molecule has 2 fully saturated rings. The van der Waals surface area contributed by atoms with Gasteiger partial charge in [-0.15, -0.1) is 0 Å². The van der Waals surface area contributed by atoms with Gasteiger partial charge in [-0.1, -0.05) is 37.7 Å². The van der Waals surface area contributed by atoms with E-state index >= 15 is 0 Å². The summed E-state index contributed by atoms with van der Waals surface area (Å²) in [6.07, 6.45) is 0.394. The SMILES string of the molecule is COc1cccc(CN2C(=NC(=O)CC(C)C)S[C@H]3CS(=O)(=O)C[C@H]32)c1. The van der Waals surface area contributed by atoms with Crippen LogP contribution in [0.5, 0.6) is 5.75 Å². The van der Waals surface area contributed by atoms with Crippen molar-refractivity contribution in [2.45, 2.75) is 38.1 Å². The van der Waals surface area contributed by atoms with Crippen LogP contribution < -0.4 is 4.74 Å². The Morgan fingerprint density at radius 1 is 1.38 bits per heavy atom. The molecule has 3 rings (SSSR count). The van der Waals surface area contributed by atoms with Gasteiger partial charge < -0.3 is 9.64 Å². The summed E-state index contributed by atoms with van der Waals surface area (Å²) in [5.41, 5.74) is 0.999. The minimum Gasteiger partial charge on any atom is -0.497 e. The van der Waals surface area contributed by atoms with Gasteiger partial charge in [0.25, 0.3) is 0 Å². The quantitative estimate of drug-likeness (QED) is 0.760. The molecule has 2 heterocycles. The van der Waals surface area contributed by atoms with E-state index in [1.54, 1.807) is 7.11 Å². The zero-order valence-electron chi connectivity index (χ0n) is 15.2. The largest absolute Gasteiger partial charge is 0.497 e. The van der Waals surface area contributed by atoms with E-state index in [2.05, 4.69) is 4.99 Å². The fourth-order valence-electron chi connectivity index (χ4n) is 3.29. The van der Waals surface area contributed by atoms with E-state index in [-0.39, 0.29) is 34.6 Å². The molecular formula is C18H24N2O4S2. The smallest absolute Gasteiger partial charge is 0.248 e. The van der Waals surface area contributed by atoms with Crippen LogP contribution in [0.4, 0.5) is 0 Å². The van der Waals surface area contributed by atoms with Crippen LogP contribution >= 0.6 is 11.8 Å². The summed E-state index contributed by atoms with van der Waals surface area (Å²) >= 11 is 1.42. The Balaban J connectivity index is 1.87. The second-order valence-corrected chi connectivity index (χ2v) is 10.5. The number of nitrogens with zero attached hydrogens (tertiary/aromatic N) is 2. The first kappa shape index (κ1) is 19.2.